The topological polar surface area (TPSA) is 44.4 Å². The third-order valence-electron chi connectivity index (χ3n) is 1.04. The molecule has 4 heteroatoms. The summed E-state index contributed by atoms with van der Waals surface area (Å²) >= 11 is 0. The molecule has 0 bridgehead atoms. The molecule has 0 atom stereocenters. The first-order chi connectivity index (χ1) is 3.80. The number of hydrogen-bond acceptors (Lipinski definition) is 3. The average Bonchev–Trinajstić information content (AvgIpc) is 2.12. The Morgan fingerprint density at radius 1 is 1.75 bits per heavy atom. The Morgan fingerprint density at radius 3 is 2.75 bits per heavy atom. The van der Waals surface area contributed by atoms with E-state index in [1.54, 1.807) is 0 Å². The maximum atomic E-state index is 10.5. The number of carbonyl (C=O) groups excluding carboxylic acids is 1. The maximum Gasteiger partial charge on any atom is 0.234 e. The molecule has 1 aliphatic rings. The van der Waals surface area contributed by atoms with Crippen molar-refractivity contribution in [2.75, 3.05) is 13.3 Å². The predicted octanol–water partition coefficient (Wildman–Crippen LogP) is -1.14. The molecule has 1 fully saturated rings. The fourth-order valence-electron chi connectivity index (χ4n) is 0.598. The SMILES string of the molecule is CC(=O)N1CNCN1. The monoisotopic (exact) mass is 115 g/mol. The molecular formula is C4H9N3O. The van der Waals surface area contributed by atoms with Crippen LogP contribution in [0.15, 0.2) is 0 Å². The molecule has 0 unspecified atom stereocenters. The molecular weight excluding hydrogens is 106 g/mol. The second-order valence-electron chi connectivity index (χ2n) is 1.69. The van der Waals surface area contributed by atoms with E-state index in [0.29, 0.717) is 13.3 Å². The number of carbonyl (C=O) groups is 1. The molecule has 46 valence electrons. The van der Waals surface area contributed by atoms with Crippen LogP contribution in [0.4, 0.5) is 0 Å². The molecule has 1 heterocycles. The number of hydrazine groups is 1. The Balaban J connectivity index is 2.35. The lowest BCUT2D eigenvalue weighted by Crippen LogP contribution is -2.34. The van der Waals surface area contributed by atoms with E-state index >= 15 is 0 Å². The quantitative estimate of drug-likeness (QED) is 0.419. The van der Waals surface area contributed by atoms with Crippen molar-refractivity contribution in [2.24, 2.45) is 0 Å². The van der Waals surface area contributed by atoms with Crippen molar-refractivity contribution in [3.05, 3.63) is 0 Å². The van der Waals surface area contributed by atoms with Gasteiger partial charge in [0.1, 0.15) is 0 Å². The van der Waals surface area contributed by atoms with Gasteiger partial charge in [0, 0.05) is 6.92 Å². The van der Waals surface area contributed by atoms with Gasteiger partial charge in [-0.25, -0.2) is 5.43 Å². The minimum atomic E-state index is 0.0509. The van der Waals surface area contributed by atoms with E-state index in [1.807, 2.05) is 0 Å². The smallest absolute Gasteiger partial charge is 0.234 e. The van der Waals surface area contributed by atoms with E-state index in [0.717, 1.165) is 0 Å². The first-order valence-corrected chi connectivity index (χ1v) is 2.53. The molecule has 0 aromatic carbocycles. The van der Waals surface area contributed by atoms with Crippen molar-refractivity contribution in [3.63, 3.8) is 0 Å². The lowest BCUT2D eigenvalue weighted by Gasteiger charge is -2.09. The Labute approximate surface area is 47.8 Å². The maximum absolute atomic E-state index is 10.5. The van der Waals surface area contributed by atoms with Gasteiger partial charge in [0.15, 0.2) is 0 Å². The highest BCUT2D eigenvalue weighted by atomic mass is 16.2. The summed E-state index contributed by atoms with van der Waals surface area (Å²) in [4.78, 5) is 10.5. The molecule has 1 rings (SSSR count). The van der Waals surface area contributed by atoms with E-state index in [9.17, 15) is 4.79 Å². The highest BCUT2D eigenvalue weighted by Gasteiger charge is 2.10. The highest BCUT2D eigenvalue weighted by molar-refractivity contribution is 5.72. The molecule has 0 aliphatic carbocycles. The summed E-state index contributed by atoms with van der Waals surface area (Å²) < 4.78 is 0. The van der Waals surface area contributed by atoms with Crippen LogP contribution in [-0.2, 0) is 4.79 Å². The zero-order valence-corrected chi connectivity index (χ0v) is 4.77. The van der Waals surface area contributed by atoms with Crippen LogP contribution in [0.2, 0.25) is 0 Å². The van der Waals surface area contributed by atoms with Gasteiger partial charge in [-0.2, -0.15) is 0 Å². The summed E-state index contributed by atoms with van der Waals surface area (Å²) in [6.45, 7) is 2.84. The Kier molecular flexibility index (Phi) is 1.45. The van der Waals surface area contributed by atoms with E-state index in [4.69, 9.17) is 0 Å². The minimum absolute atomic E-state index is 0.0509. The largest absolute Gasteiger partial charge is 0.284 e. The molecule has 4 nitrogen and oxygen atoms in total. The fourth-order valence-corrected chi connectivity index (χ4v) is 0.598. The van der Waals surface area contributed by atoms with E-state index < -0.39 is 0 Å². The molecule has 8 heavy (non-hydrogen) atoms. The van der Waals surface area contributed by atoms with Gasteiger partial charge < -0.3 is 0 Å². The minimum Gasteiger partial charge on any atom is -0.284 e. The highest BCUT2D eigenvalue weighted by Crippen LogP contribution is 1.83. The van der Waals surface area contributed by atoms with Gasteiger partial charge in [-0.15, -0.1) is 0 Å². The second-order valence-corrected chi connectivity index (χ2v) is 1.69. The van der Waals surface area contributed by atoms with Crippen LogP contribution in [0.25, 0.3) is 0 Å². The van der Waals surface area contributed by atoms with Gasteiger partial charge in [0.2, 0.25) is 5.91 Å². The molecule has 0 aromatic rings. The Morgan fingerprint density at radius 2 is 2.50 bits per heavy atom. The van der Waals surface area contributed by atoms with Crippen LogP contribution in [0, 0.1) is 0 Å². The van der Waals surface area contributed by atoms with Crippen molar-refractivity contribution >= 4 is 5.91 Å². The number of nitrogens with one attached hydrogen (secondary N) is 2. The van der Waals surface area contributed by atoms with E-state index in [-0.39, 0.29) is 5.91 Å². The normalized spacial score (nSPS) is 19.4. The van der Waals surface area contributed by atoms with Crippen molar-refractivity contribution in [1.29, 1.82) is 0 Å². The van der Waals surface area contributed by atoms with Gasteiger partial charge in [-0.3, -0.25) is 15.1 Å². The fraction of sp³-hybridized carbons (Fsp3) is 0.750. The average molecular weight is 115 g/mol. The van der Waals surface area contributed by atoms with E-state index in [2.05, 4.69) is 10.7 Å². The summed E-state index contributed by atoms with van der Waals surface area (Å²) in [7, 11) is 0. The van der Waals surface area contributed by atoms with Crippen molar-refractivity contribution in [2.45, 2.75) is 6.92 Å². The molecule has 1 saturated heterocycles. The van der Waals surface area contributed by atoms with Gasteiger partial charge in [-0.1, -0.05) is 0 Å². The van der Waals surface area contributed by atoms with Crippen molar-refractivity contribution in [3.8, 4) is 0 Å². The van der Waals surface area contributed by atoms with Crippen molar-refractivity contribution in [1.82, 2.24) is 15.8 Å². The predicted molar refractivity (Wildman–Crippen MR) is 28.5 cm³/mol. The van der Waals surface area contributed by atoms with Crippen LogP contribution in [0.3, 0.4) is 0 Å². The molecule has 1 aliphatic heterocycles. The summed E-state index contributed by atoms with van der Waals surface area (Å²) in [6, 6.07) is 0. The van der Waals surface area contributed by atoms with Crippen LogP contribution < -0.4 is 10.7 Å². The van der Waals surface area contributed by atoms with Crippen LogP contribution in [0.1, 0.15) is 6.92 Å². The van der Waals surface area contributed by atoms with Crippen molar-refractivity contribution < 1.29 is 4.79 Å². The number of rotatable bonds is 0. The summed E-state index contributed by atoms with van der Waals surface area (Å²) in [6.07, 6.45) is 0. The lowest BCUT2D eigenvalue weighted by atomic mass is 10.7. The summed E-state index contributed by atoms with van der Waals surface area (Å²) in [5, 5.41) is 4.48. The van der Waals surface area contributed by atoms with Crippen LogP contribution >= 0.6 is 0 Å². The number of hydrogen-bond donors (Lipinski definition) is 2. The van der Waals surface area contributed by atoms with Gasteiger partial charge in [0.25, 0.3) is 0 Å². The Bertz CT molecular complexity index is 97.5. The second kappa shape index (κ2) is 2.11. The molecule has 0 radical (unpaired) electrons. The van der Waals surface area contributed by atoms with Gasteiger partial charge in [0.05, 0.1) is 13.3 Å². The first-order valence-electron chi connectivity index (χ1n) is 2.53. The third kappa shape index (κ3) is 0.962. The summed E-state index contributed by atoms with van der Waals surface area (Å²) in [5.74, 6) is 0.0509. The van der Waals surface area contributed by atoms with Crippen LogP contribution in [-0.4, -0.2) is 24.3 Å². The third-order valence-corrected chi connectivity index (χ3v) is 1.04. The molecule has 0 spiro atoms. The summed E-state index contributed by atoms with van der Waals surface area (Å²) in [5.41, 5.74) is 2.83. The molecule has 0 saturated carbocycles. The lowest BCUT2D eigenvalue weighted by molar-refractivity contribution is -0.130. The number of amides is 1. The standard InChI is InChI=1S/C4H9N3O/c1-4(8)7-3-5-2-6-7/h5-6H,2-3H2,1H3. The molecule has 2 N–H and O–H groups in total. The molecule has 0 aromatic heterocycles. The molecule has 1 amide bonds. The zero-order chi connectivity index (χ0) is 5.98. The Hall–Kier alpha value is -0.610. The van der Waals surface area contributed by atoms with Gasteiger partial charge >= 0.3 is 0 Å². The first kappa shape index (κ1) is 5.53. The van der Waals surface area contributed by atoms with Gasteiger partial charge in [-0.05, 0) is 0 Å². The zero-order valence-electron chi connectivity index (χ0n) is 4.77. The number of nitrogens with zero attached hydrogens (tertiary/aromatic N) is 1. The van der Waals surface area contributed by atoms with Crippen LogP contribution in [0.5, 0.6) is 0 Å². The van der Waals surface area contributed by atoms with E-state index in [1.165, 1.54) is 11.9 Å².